The maximum Gasteiger partial charge on any atom is 0.255 e. The maximum atomic E-state index is 13.0. The fraction of sp³-hybridized carbons (Fsp3) is 0.591. The van der Waals surface area contributed by atoms with Crippen LogP contribution in [0.4, 0.5) is 0 Å². The molecule has 7 nitrogen and oxygen atoms in total. The minimum atomic E-state index is -0.547. The van der Waals surface area contributed by atoms with Crippen molar-refractivity contribution in [1.82, 2.24) is 20.4 Å². The first kappa shape index (κ1) is 18.8. The molecule has 154 valence electrons. The summed E-state index contributed by atoms with van der Waals surface area (Å²) in [7, 11) is 0. The van der Waals surface area contributed by atoms with E-state index in [4.69, 9.17) is 0 Å². The number of carbonyl (C=O) groups is 3. The van der Waals surface area contributed by atoms with E-state index in [-0.39, 0.29) is 24.1 Å². The zero-order valence-electron chi connectivity index (χ0n) is 16.7. The summed E-state index contributed by atoms with van der Waals surface area (Å²) in [4.78, 5) is 41.0. The van der Waals surface area contributed by atoms with E-state index in [1.54, 1.807) is 4.90 Å². The summed E-state index contributed by atoms with van der Waals surface area (Å²) in [5, 5.41) is 5.81. The summed E-state index contributed by atoms with van der Waals surface area (Å²) in [6.07, 6.45) is 5.61. The molecule has 3 amide bonds. The standard InChI is InChI=1S/C22H28N4O3/c27-20-6-5-19(21(28)24-20)26-13-15-2-1-14(11-18(15)22(26)29)12-25(16-3-4-16)17-7-9-23-10-8-17/h1-2,11,16-17,19,23H,3-10,12-13H2,(H,24,27,28). The lowest BCUT2D eigenvalue weighted by Gasteiger charge is -2.35. The van der Waals surface area contributed by atoms with Crippen molar-refractivity contribution < 1.29 is 14.4 Å². The summed E-state index contributed by atoms with van der Waals surface area (Å²) in [5.41, 5.74) is 2.87. The summed E-state index contributed by atoms with van der Waals surface area (Å²) in [5.74, 6) is -0.694. The molecule has 3 fully saturated rings. The van der Waals surface area contributed by atoms with Crippen molar-refractivity contribution in [3.63, 3.8) is 0 Å². The number of nitrogens with zero attached hydrogens (tertiary/aromatic N) is 2. The predicted octanol–water partition coefficient (Wildman–Crippen LogP) is 1.16. The van der Waals surface area contributed by atoms with Crippen LogP contribution in [0.15, 0.2) is 18.2 Å². The van der Waals surface area contributed by atoms with Gasteiger partial charge in [0, 0.05) is 37.2 Å². The first-order chi connectivity index (χ1) is 14.1. The van der Waals surface area contributed by atoms with Crippen LogP contribution in [0.25, 0.3) is 0 Å². The van der Waals surface area contributed by atoms with Gasteiger partial charge in [0.2, 0.25) is 11.8 Å². The molecule has 4 aliphatic rings. The monoisotopic (exact) mass is 396 g/mol. The first-order valence-electron chi connectivity index (χ1n) is 10.8. The van der Waals surface area contributed by atoms with Gasteiger partial charge in [-0.25, -0.2) is 0 Å². The van der Waals surface area contributed by atoms with Gasteiger partial charge in [0.05, 0.1) is 0 Å². The zero-order chi connectivity index (χ0) is 20.0. The largest absolute Gasteiger partial charge is 0.322 e. The van der Waals surface area contributed by atoms with Crippen LogP contribution in [0.1, 0.15) is 60.0 Å². The molecule has 1 aromatic rings. The Balaban J connectivity index is 1.32. The van der Waals surface area contributed by atoms with Gasteiger partial charge in [-0.3, -0.25) is 24.6 Å². The SMILES string of the molecule is O=C1CCC(N2Cc3ccc(CN(C4CCNCC4)C4CC4)cc3C2=O)C(=O)N1. The molecule has 0 spiro atoms. The molecule has 1 aromatic carbocycles. The van der Waals surface area contributed by atoms with Gasteiger partial charge in [-0.15, -0.1) is 0 Å². The van der Waals surface area contributed by atoms with Crippen molar-refractivity contribution >= 4 is 17.7 Å². The molecule has 29 heavy (non-hydrogen) atoms. The second kappa shape index (κ2) is 7.54. The Bertz CT molecular complexity index is 844. The molecule has 3 aliphatic heterocycles. The van der Waals surface area contributed by atoms with E-state index in [2.05, 4.69) is 21.6 Å². The van der Waals surface area contributed by atoms with E-state index >= 15 is 0 Å². The highest BCUT2D eigenvalue weighted by Gasteiger charge is 2.39. The number of hydrogen-bond acceptors (Lipinski definition) is 5. The van der Waals surface area contributed by atoms with Gasteiger partial charge in [-0.2, -0.15) is 0 Å². The Labute approximate surface area is 170 Å². The molecule has 0 aromatic heterocycles. The number of imide groups is 1. The molecule has 7 heteroatoms. The van der Waals surface area contributed by atoms with Gasteiger partial charge in [0.25, 0.3) is 5.91 Å². The predicted molar refractivity (Wildman–Crippen MR) is 107 cm³/mol. The van der Waals surface area contributed by atoms with Crippen LogP contribution in [-0.4, -0.2) is 58.7 Å². The van der Waals surface area contributed by atoms with E-state index in [0.29, 0.717) is 30.6 Å². The molecule has 1 atom stereocenters. The average Bonchev–Trinajstić information content (AvgIpc) is 3.52. The summed E-state index contributed by atoms with van der Waals surface area (Å²) >= 11 is 0. The second-order valence-corrected chi connectivity index (χ2v) is 8.78. The molecule has 2 saturated heterocycles. The van der Waals surface area contributed by atoms with E-state index in [1.165, 1.54) is 31.2 Å². The topological polar surface area (TPSA) is 81.8 Å². The summed E-state index contributed by atoms with van der Waals surface area (Å²) in [6, 6.07) is 6.96. The third-order valence-corrected chi connectivity index (χ3v) is 6.75. The number of fused-ring (bicyclic) bond motifs is 1. The zero-order valence-corrected chi connectivity index (χ0v) is 16.7. The fourth-order valence-corrected chi connectivity index (χ4v) is 5.01. The molecule has 1 aliphatic carbocycles. The van der Waals surface area contributed by atoms with E-state index < -0.39 is 6.04 Å². The highest BCUT2D eigenvalue weighted by Crippen LogP contribution is 2.34. The number of amides is 3. The number of hydrogen-bond donors (Lipinski definition) is 2. The van der Waals surface area contributed by atoms with Crippen LogP contribution in [0, 0.1) is 0 Å². The Morgan fingerprint density at radius 2 is 1.76 bits per heavy atom. The number of benzene rings is 1. The maximum absolute atomic E-state index is 13.0. The lowest BCUT2D eigenvalue weighted by molar-refractivity contribution is -0.136. The molecule has 1 saturated carbocycles. The van der Waals surface area contributed by atoms with Gasteiger partial charge >= 0.3 is 0 Å². The highest BCUT2D eigenvalue weighted by atomic mass is 16.2. The van der Waals surface area contributed by atoms with Gasteiger partial charge in [-0.1, -0.05) is 12.1 Å². The molecular weight excluding hydrogens is 368 g/mol. The molecule has 0 bridgehead atoms. The lowest BCUT2D eigenvalue weighted by Crippen LogP contribution is -2.52. The first-order valence-corrected chi connectivity index (χ1v) is 10.8. The minimum absolute atomic E-state index is 0.0869. The molecular formula is C22H28N4O3. The smallest absolute Gasteiger partial charge is 0.255 e. The Morgan fingerprint density at radius 1 is 1.00 bits per heavy atom. The highest BCUT2D eigenvalue weighted by molar-refractivity contribution is 6.05. The van der Waals surface area contributed by atoms with Crippen molar-refractivity contribution in [2.75, 3.05) is 13.1 Å². The van der Waals surface area contributed by atoms with Gasteiger partial charge < -0.3 is 10.2 Å². The summed E-state index contributed by atoms with van der Waals surface area (Å²) < 4.78 is 0. The Hall–Kier alpha value is -2.25. The van der Waals surface area contributed by atoms with E-state index in [9.17, 15) is 14.4 Å². The quantitative estimate of drug-likeness (QED) is 0.730. The molecule has 1 unspecified atom stereocenters. The Kier molecular flexibility index (Phi) is 4.87. The van der Waals surface area contributed by atoms with Crippen molar-refractivity contribution in [3.05, 3.63) is 34.9 Å². The van der Waals surface area contributed by atoms with E-state index in [1.807, 2.05) is 12.1 Å². The number of nitrogens with one attached hydrogen (secondary N) is 2. The van der Waals surface area contributed by atoms with Crippen LogP contribution >= 0.6 is 0 Å². The van der Waals surface area contributed by atoms with Crippen LogP contribution in [0.5, 0.6) is 0 Å². The number of piperidine rings is 2. The van der Waals surface area contributed by atoms with Gasteiger partial charge in [-0.05, 0) is 62.4 Å². The van der Waals surface area contributed by atoms with Gasteiger partial charge in [0.1, 0.15) is 6.04 Å². The summed E-state index contributed by atoms with van der Waals surface area (Å²) in [6.45, 7) is 3.49. The van der Waals surface area contributed by atoms with Crippen molar-refractivity contribution in [1.29, 1.82) is 0 Å². The average molecular weight is 396 g/mol. The third-order valence-electron chi connectivity index (χ3n) is 6.75. The van der Waals surface area contributed by atoms with Crippen LogP contribution in [-0.2, 0) is 22.7 Å². The minimum Gasteiger partial charge on any atom is -0.322 e. The normalized spacial score (nSPS) is 25.5. The van der Waals surface area contributed by atoms with Crippen LogP contribution in [0.2, 0.25) is 0 Å². The van der Waals surface area contributed by atoms with Crippen molar-refractivity contribution in [2.45, 2.75) is 69.7 Å². The second-order valence-electron chi connectivity index (χ2n) is 8.78. The number of rotatable bonds is 5. The van der Waals surface area contributed by atoms with E-state index in [0.717, 1.165) is 25.2 Å². The molecule has 3 heterocycles. The fourth-order valence-electron chi connectivity index (χ4n) is 5.01. The van der Waals surface area contributed by atoms with Gasteiger partial charge in [0.15, 0.2) is 0 Å². The third kappa shape index (κ3) is 3.69. The lowest BCUT2D eigenvalue weighted by atomic mass is 10.0. The van der Waals surface area contributed by atoms with Crippen molar-refractivity contribution in [3.8, 4) is 0 Å². The molecule has 5 rings (SSSR count). The molecule has 0 radical (unpaired) electrons. The molecule has 2 N–H and O–H groups in total. The Morgan fingerprint density at radius 3 is 2.48 bits per heavy atom. The van der Waals surface area contributed by atoms with Crippen LogP contribution < -0.4 is 10.6 Å². The number of carbonyl (C=O) groups excluding carboxylic acids is 3. The van der Waals surface area contributed by atoms with Crippen molar-refractivity contribution in [2.24, 2.45) is 0 Å². The van der Waals surface area contributed by atoms with Crippen LogP contribution in [0.3, 0.4) is 0 Å².